The highest BCUT2D eigenvalue weighted by atomic mass is 35.5. The van der Waals surface area contributed by atoms with E-state index in [1.165, 1.54) is 11.3 Å². The maximum absolute atomic E-state index is 12.4. The lowest BCUT2D eigenvalue weighted by atomic mass is 10.2. The molecule has 0 atom stereocenters. The molecule has 1 aromatic carbocycles. The van der Waals surface area contributed by atoms with Gasteiger partial charge in [-0.3, -0.25) is 0 Å². The van der Waals surface area contributed by atoms with E-state index in [1.54, 1.807) is 0 Å². The van der Waals surface area contributed by atoms with Crippen molar-refractivity contribution in [3.8, 4) is 0 Å². The van der Waals surface area contributed by atoms with Gasteiger partial charge in [0, 0.05) is 11.4 Å². The number of carboxylic acid groups (broad SMARTS) is 1. The SMILES string of the molecule is CCc1ccsc1CNS(=O)(=O)c1cc(C(=O)O)cc(Cl)c1Cl. The number of benzene rings is 1. The zero-order valence-electron chi connectivity index (χ0n) is 12.0. The number of halogens is 2. The summed E-state index contributed by atoms with van der Waals surface area (Å²) in [5.74, 6) is -1.29. The van der Waals surface area contributed by atoms with Crippen LogP contribution >= 0.6 is 34.5 Å². The normalized spacial score (nSPS) is 11.6. The molecule has 0 radical (unpaired) electrons. The third kappa shape index (κ3) is 4.05. The molecule has 23 heavy (non-hydrogen) atoms. The van der Waals surface area contributed by atoms with Crippen molar-refractivity contribution in [1.82, 2.24) is 4.72 Å². The highest BCUT2D eigenvalue weighted by Crippen LogP contribution is 2.31. The van der Waals surface area contributed by atoms with Crippen LogP contribution in [-0.2, 0) is 23.0 Å². The van der Waals surface area contributed by atoms with Crippen molar-refractivity contribution in [3.05, 3.63) is 49.6 Å². The van der Waals surface area contributed by atoms with Crippen molar-refractivity contribution in [2.45, 2.75) is 24.8 Å². The predicted octanol–water partition coefficient (Wildman–Crippen LogP) is 3.79. The van der Waals surface area contributed by atoms with Gasteiger partial charge in [0.25, 0.3) is 0 Å². The Morgan fingerprint density at radius 2 is 2.04 bits per heavy atom. The fraction of sp³-hybridized carbons (Fsp3) is 0.214. The summed E-state index contributed by atoms with van der Waals surface area (Å²) in [4.78, 5) is 11.6. The molecule has 5 nitrogen and oxygen atoms in total. The van der Waals surface area contributed by atoms with Crippen LogP contribution in [0.4, 0.5) is 0 Å². The van der Waals surface area contributed by atoms with Crippen molar-refractivity contribution in [2.24, 2.45) is 0 Å². The average Bonchev–Trinajstić information content (AvgIpc) is 2.95. The summed E-state index contributed by atoms with van der Waals surface area (Å²) in [7, 11) is -3.99. The molecule has 0 bridgehead atoms. The Morgan fingerprint density at radius 1 is 1.35 bits per heavy atom. The zero-order chi connectivity index (χ0) is 17.2. The first-order chi connectivity index (χ1) is 10.8. The summed E-state index contributed by atoms with van der Waals surface area (Å²) in [6, 6.07) is 4.04. The number of aryl methyl sites for hydroxylation is 1. The van der Waals surface area contributed by atoms with Crippen LogP contribution < -0.4 is 4.72 Å². The van der Waals surface area contributed by atoms with E-state index < -0.39 is 16.0 Å². The number of aromatic carboxylic acids is 1. The van der Waals surface area contributed by atoms with Crippen molar-refractivity contribution in [2.75, 3.05) is 0 Å². The Kier molecular flexibility index (Phi) is 5.70. The molecule has 124 valence electrons. The molecule has 2 rings (SSSR count). The van der Waals surface area contributed by atoms with Gasteiger partial charge in [-0.1, -0.05) is 30.1 Å². The molecule has 0 amide bonds. The molecule has 0 saturated carbocycles. The Labute approximate surface area is 147 Å². The standard InChI is InChI=1S/C14H13Cl2NO4S2/c1-2-8-3-4-22-11(8)7-17-23(20,21)12-6-9(14(18)19)5-10(15)13(12)16/h3-6,17H,2,7H2,1H3,(H,18,19). The minimum Gasteiger partial charge on any atom is -0.478 e. The van der Waals surface area contributed by atoms with E-state index in [4.69, 9.17) is 28.3 Å². The fourth-order valence-electron chi connectivity index (χ4n) is 1.96. The molecular weight excluding hydrogens is 381 g/mol. The minimum atomic E-state index is -3.99. The molecule has 0 unspecified atom stereocenters. The van der Waals surface area contributed by atoms with Gasteiger partial charge in [-0.25, -0.2) is 17.9 Å². The molecule has 0 saturated heterocycles. The summed E-state index contributed by atoms with van der Waals surface area (Å²) in [5, 5.41) is 10.6. The third-order valence-corrected chi connectivity index (χ3v) is 6.48. The quantitative estimate of drug-likeness (QED) is 0.781. The lowest BCUT2D eigenvalue weighted by Gasteiger charge is -2.10. The lowest BCUT2D eigenvalue weighted by molar-refractivity contribution is 0.0696. The number of hydrogen-bond acceptors (Lipinski definition) is 4. The molecule has 0 aliphatic heterocycles. The van der Waals surface area contributed by atoms with Crippen LogP contribution in [0, 0.1) is 0 Å². The Morgan fingerprint density at radius 3 is 2.65 bits per heavy atom. The number of carboxylic acids is 1. The second-order valence-electron chi connectivity index (χ2n) is 4.62. The molecule has 0 aliphatic carbocycles. The van der Waals surface area contributed by atoms with Crippen molar-refractivity contribution in [1.29, 1.82) is 0 Å². The van der Waals surface area contributed by atoms with Gasteiger partial charge in [-0.15, -0.1) is 11.3 Å². The van der Waals surface area contributed by atoms with Crippen molar-refractivity contribution in [3.63, 3.8) is 0 Å². The van der Waals surface area contributed by atoms with Gasteiger partial charge in [0.1, 0.15) is 4.90 Å². The predicted molar refractivity (Wildman–Crippen MR) is 91.1 cm³/mol. The number of thiophene rings is 1. The summed E-state index contributed by atoms with van der Waals surface area (Å²) >= 11 is 13.2. The van der Waals surface area contributed by atoms with E-state index >= 15 is 0 Å². The van der Waals surface area contributed by atoms with Crippen LogP contribution in [-0.4, -0.2) is 19.5 Å². The van der Waals surface area contributed by atoms with Crippen molar-refractivity contribution < 1.29 is 18.3 Å². The summed E-state index contributed by atoms with van der Waals surface area (Å²) in [6.45, 7) is 2.08. The zero-order valence-corrected chi connectivity index (χ0v) is 15.1. The number of hydrogen-bond donors (Lipinski definition) is 2. The number of sulfonamides is 1. The topological polar surface area (TPSA) is 83.5 Å². The van der Waals surface area contributed by atoms with E-state index in [-0.39, 0.29) is 27.0 Å². The second kappa shape index (κ2) is 7.19. The second-order valence-corrected chi connectivity index (χ2v) is 8.14. The number of nitrogens with one attached hydrogen (secondary N) is 1. The minimum absolute atomic E-state index is 0.106. The number of rotatable bonds is 6. The molecule has 2 aromatic rings. The lowest BCUT2D eigenvalue weighted by Crippen LogP contribution is -2.24. The van der Waals surface area contributed by atoms with Crippen LogP contribution in [0.15, 0.2) is 28.5 Å². The van der Waals surface area contributed by atoms with Crippen molar-refractivity contribution >= 4 is 50.5 Å². The van der Waals surface area contributed by atoms with Crippen LogP contribution in [0.3, 0.4) is 0 Å². The van der Waals surface area contributed by atoms with E-state index in [0.29, 0.717) is 0 Å². The molecular formula is C14H13Cl2NO4S2. The Bertz CT molecular complexity index is 846. The average molecular weight is 394 g/mol. The maximum Gasteiger partial charge on any atom is 0.335 e. The van der Waals surface area contributed by atoms with Crippen LogP contribution in [0.25, 0.3) is 0 Å². The molecule has 9 heteroatoms. The smallest absolute Gasteiger partial charge is 0.335 e. The first kappa shape index (κ1) is 18.2. The van der Waals surface area contributed by atoms with Crippen LogP contribution in [0.1, 0.15) is 27.7 Å². The van der Waals surface area contributed by atoms with Gasteiger partial charge in [-0.05, 0) is 35.6 Å². The molecule has 0 fully saturated rings. The Balaban J connectivity index is 2.34. The first-order valence-electron chi connectivity index (χ1n) is 6.53. The summed E-state index contributed by atoms with van der Waals surface area (Å²) in [5.41, 5.74) is 0.811. The Hall–Kier alpha value is -1.12. The van der Waals surface area contributed by atoms with Gasteiger partial charge in [-0.2, -0.15) is 0 Å². The molecule has 2 N–H and O–H groups in total. The maximum atomic E-state index is 12.4. The number of carbonyl (C=O) groups is 1. The molecule has 0 spiro atoms. The van der Waals surface area contributed by atoms with E-state index in [1.807, 2.05) is 18.4 Å². The van der Waals surface area contributed by atoms with Gasteiger partial charge >= 0.3 is 5.97 Å². The van der Waals surface area contributed by atoms with Crippen LogP contribution in [0.2, 0.25) is 10.0 Å². The van der Waals surface area contributed by atoms with Crippen LogP contribution in [0.5, 0.6) is 0 Å². The molecule has 0 aliphatic rings. The van der Waals surface area contributed by atoms with E-state index in [2.05, 4.69) is 4.72 Å². The van der Waals surface area contributed by atoms with E-state index in [0.717, 1.165) is 29.0 Å². The van der Waals surface area contributed by atoms with E-state index in [9.17, 15) is 13.2 Å². The molecule has 1 heterocycles. The van der Waals surface area contributed by atoms with Gasteiger partial charge in [0.15, 0.2) is 0 Å². The molecule has 1 aromatic heterocycles. The van der Waals surface area contributed by atoms with Gasteiger partial charge in [0.2, 0.25) is 10.0 Å². The summed E-state index contributed by atoms with van der Waals surface area (Å²) < 4.78 is 27.3. The first-order valence-corrected chi connectivity index (χ1v) is 9.65. The summed E-state index contributed by atoms with van der Waals surface area (Å²) in [6.07, 6.45) is 0.793. The highest BCUT2D eigenvalue weighted by molar-refractivity contribution is 7.89. The van der Waals surface area contributed by atoms with Gasteiger partial charge < -0.3 is 5.11 Å². The fourth-order valence-corrected chi connectivity index (χ4v) is 4.77. The third-order valence-electron chi connectivity index (χ3n) is 3.17. The van der Waals surface area contributed by atoms with Gasteiger partial charge in [0.05, 0.1) is 15.6 Å². The largest absolute Gasteiger partial charge is 0.478 e. The highest BCUT2D eigenvalue weighted by Gasteiger charge is 2.23. The monoisotopic (exact) mass is 393 g/mol.